The van der Waals surface area contributed by atoms with E-state index in [-0.39, 0.29) is 18.3 Å². The van der Waals surface area contributed by atoms with E-state index in [4.69, 9.17) is 0 Å². The minimum atomic E-state index is -4.74. The first-order chi connectivity index (χ1) is 15.8. The van der Waals surface area contributed by atoms with Crippen molar-refractivity contribution in [2.75, 3.05) is 5.32 Å². The van der Waals surface area contributed by atoms with Gasteiger partial charge in [-0.05, 0) is 58.9 Å². The maximum atomic E-state index is 12.4. The molecule has 0 aliphatic heterocycles. The summed E-state index contributed by atoms with van der Waals surface area (Å²) in [6.45, 7) is 0.279. The lowest BCUT2D eigenvalue weighted by Gasteiger charge is -2.23. The van der Waals surface area contributed by atoms with Crippen LogP contribution in [0.2, 0.25) is 0 Å². The van der Waals surface area contributed by atoms with Gasteiger partial charge in [-0.2, -0.15) is 0 Å². The Labute approximate surface area is 189 Å². The molecule has 33 heavy (non-hydrogen) atoms. The summed E-state index contributed by atoms with van der Waals surface area (Å²) in [5.74, 6) is -0.280. The van der Waals surface area contributed by atoms with Crippen LogP contribution in [0.3, 0.4) is 0 Å². The second-order valence-corrected chi connectivity index (χ2v) is 7.92. The number of carbonyl (C=O) groups is 1. The first-order valence-electron chi connectivity index (χ1n) is 10.6. The van der Waals surface area contributed by atoms with Crippen molar-refractivity contribution < 1.29 is 27.8 Å². The normalized spacial score (nSPS) is 15.5. The number of urea groups is 1. The molecule has 3 aromatic carbocycles. The van der Waals surface area contributed by atoms with E-state index < -0.39 is 12.5 Å². The van der Waals surface area contributed by atoms with Crippen molar-refractivity contribution >= 4 is 11.7 Å². The number of hydrogen-bond acceptors (Lipinski definition) is 3. The largest absolute Gasteiger partial charge is 0.573 e. The smallest absolute Gasteiger partial charge is 0.406 e. The summed E-state index contributed by atoms with van der Waals surface area (Å²) >= 11 is 0. The van der Waals surface area contributed by atoms with E-state index in [9.17, 15) is 23.1 Å². The maximum absolute atomic E-state index is 12.4. The number of fused-ring (bicyclic) bond motifs is 1. The SMILES string of the molecule is O=C(NCc1ccc(-c2cccc(OC(F)(F)F)c2)cc1)Nc1cccc2c1CC(O)CC2. The van der Waals surface area contributed by atoms with Crippen molar-refractivity contribution in [2.45, 2.75) is 38.3 Å². The molecule has 0 fully saturated rings. The number of benzene rings is 3. The average Bonchev–Trinajstić information content (AvgIpc) is 2.77. The van der Waals surface area contributed by atoms with Crippen LogP contribution in [0.5, 0.6) is 5.75 Å². The number of aryl methyl sites for hydroxylation is 1. The molecule has 0 spiro atoms. The quantitative estimate of drug-likeness (QED) is 0.480. The second-order valence-electron chi connectivity index (χ2n) is 7.92. The molecule has 2 amide bonds. The van der Waals surface area contributed by atoms with E-state index >= 15 is 0 Å². The standard InChI is InChI=1S/C25H23F3N2O3/c26-25(27,28)33-21-5-1-4-19(13-21)17-9-7-16(8-10-17)15-29-24(32)30-23-6-2-3-18-11-12-20(31)14-22(18)23/h1-10,13,20,31H,11-12,14-15H2,(H2,29,30,32). The third-order valence-corrected chi connectivity index (χ3v) is 5.52. The predicted octanol–water partition coefficient (Wildman–Crippen LogP) is 5.42. The van der Waals surface area contributed by atoms with E-state index in [1.54, 1.807) is 30.3 Å². The lowest BCUT2D eigenvalue weighted by atomic mass is 9.88. The molecule has 1 unspecified atom stereocenters. The predicted molar refractivity (Wildman–Crippen MR) is 119 cm³/mol. The van der Waals surface area contributed by atoms with Gasteiger partial charge in [0.15, 0.2) is 0 Å². The summed E-state index contributed by atoms with van der Waals surface area (Å²) < 4.78 is 41.3. The molecule has 0 saturated heterocycles. The highest BCUT2D eigenvalue weighted by atomic mass is 19.4. The monoisotopic (exact) mass is 456 g/mol. The number of rotatable bonds is 5. The number of aliphatic hydroxyl groups excluding tert-OH is 1. The van der Waals surface area contributed by atoms with Gasteiger partial charge in [-0.25, -0.2) is 4.79 Å². The Balaban J connectivity index is 1.36. The molecule has 1 aliphatic carbocycles. The third-order valence-electron chi connectivity index (χ3n) is 5.52. The number of anilines is 1. The van der Waals surface area contributed by atoms with Gasteiger partial charge in [-0.15, -0.1) is 13.2 Å². The van der Waals surface area contributed by atoms with Crippen molar-refractivity contribution in [3.05, 3.63) is 83.4 Å². The summed E-state index contributed by atoms with van der Waals surface area (Å²) in [6.07, 6.45) is -3.12. The van der Waals surface area contributed by atoms with E-state index in [0.29, 0.717) is 17.7 Å². The van der Waals surface area contributed by atoms with Gasteiger partial charge in [0.1, 0.15) is 5.75 Å². The molecule has 8 heteroatoms. The zero-order chi connectivity index (χ0) is 23.4. The molecule has 0 heterocycles. The molecule has 1 atom stereocenters. The van der Waals surface area contributed by atoms with Gasteiger partial charge >= 0.3 is 12.4 Å². The highest BCUT2D eigenvalue weighted by Crippen LogP contribution is 2.29. The molecule has 3 aromatic rings. The van der Waals surface area contributed by atoms with Crippen LogP contribution in [0.25, 0.3) is 11.1 Å². The number of amides is 2. The molecule has 5 nitrogen and oxygen atoms in total. The summed E-state index contributed by atoms with van der Waals surface area (Å²) in [5, 5.41) is 15.6. The first kappa shape index (κ1) is 22.7. The summed E-state index contributed by atoms with van der Waals surface area (Å²) in [5.41, 5.74) is 4.95. The van der Waals surface area contributed by atoms with Crippen LogP contribution in [0, 0.1) is 0 Å². The lowest BCUT2D eigenvalue weighted by Crippen LogP contribution is -2.29. The zero-order valence-electron chi connectivity index (χ0n) is 17.7. The maximum Gasteiger partial charge on any atom is 0.573 e. The van der Waals surface area contributed by atoms with E-state index in [1.165, 1.54) is 18.2 Å². The fourth-order valence-electron chi connectivity index (χ4n) is 3.92. The van der Waals surface area contributed by atoms with Crippen molar-refractivity contribution in [3.63, 3.8) is 0 Å². The average molecular weight is 456 g/mol. The number of halogens is 3. The van der Waals surface area contributed by atoms with E-state index in [0.717, 1.165) is 35.1 Å². The number of carbonyl (C=O) groups excluding carboxylic acids is 1. The van der Waals surface area contributed by atoms with Crippen LogP contribution in [0.15, 0.2) is 66.7 Å². The Morgan fingerprint density at radius 2 is 1.79 bits per heavy atom. The van der Waals surface area contributed by atoms with Crippen LogP contribution < -0.4 is 15.4 Å². The third kappa shape index (κ3) is 6.04. The van der Waals surface area contributed by atoms with Gasteiger partial charge in [0.25, 0.3) is 0 Å². The Bertz CT molecular complexity index is 1130. The minimum absolute atomic E-state index is 0.279. The van der Waals surface area contributed by atoms with E-state index in [1.807, 2.05) is 18.2 Å². The molecule has 4 rings (SSSR count). The second kappa shape index (κ2) is 9.54. The number of hydrogen-bond donors (Lipinski definition) is 3. The zero-order valence-corrected chi connectivity index (χ0v) is 17.7. The molecular weight excluding hydrogens is 433 g/mol. The van der Waals surface area contributed by atoms with Crippen LogP contribution in [-0.4, -0.2) is 23.6 Å². The number of aliphatic hydroxyl groups is 1. The Morgan fingerprint density at radius 1 is 1.03 bits per heavy atom. The highest BCUT2D eigenvalue weighted by molar-refractivity contribution is 5.90. The van der Waals surface area contributed by atoms with Crippen molar-refractivity contribution in [1.82, 2.24) is 5.32 Å². The molecule has 3 N–H and O–H groups in total. The van der Waals surface area contributed by atoms with Crippen LogP contribution >= 0.6 is 0 Å². The molecular formula is C25H23F3N2O3. The molecule has 0 saturated carbocycles. The highest BCUT2D eigenvalue weighted by Gasteiger charge is 2.31. The fourth-order valence-corrected chi connectivity index (χ4v) is 3.92. The lowest BCUT2D eigenvalue weighted by molar-refractivity contribution is -0.274. The summed E-state index contributed by atoms with van der Waals surface area (Å²) in [7, 11) is 0. The number of ether oxygens (including phenoxy) is 1. The van der Waals surface area contributed by atoms with Gasteiger partial charge in [0.05, 0.1) is 6.10 Å². The fraction of sp³-hybridized carbons (Fsp3) is 0.240. The van der Waals surface area contributed by atoms with E-state index in [2.05, 4.69) is 15.4 Å². The van der Waals surface area contributed by atoms with Crippen molar-refractivity contribution in [3.8, 4) is 16.9 Å². The van der Waals surface area contributed by atoms with Gasteiger partial charge in [-0.3, -0.25) is 0 Å². The minimum Gasteiger partial charge on any atom is -0.406 e. The van der Waals surface area contributed by atoms with Crippen molar-refractivity contribution in [1.29, 1.82) is 0 Å². The van der Waals surface area contributed by atoms with Crippen LogP contribution in [0.1, 0.15) is 23.1 Å². The Morgan fingerprint density at radius 3 is 2.55 bits per heavy atom. The molecule has 0 radical (unpaired) electrons. The van der Waals surface area contributed by atoms with Crippen LogP contribution in [0.4, 0.5) is 23.7 Å². The first-order valence-corrected chi connectivity index (χ1v) is 10.6. The van der Waals surface area contributed by atoms with Gasteiger partial charge in [-0.1, -0.05) is 48.5 Å². The molecule has 0 aromatic heterocycles. The van der Waals surface area contributed by atoms with Crippen LogP contribution in [-0.2, 0) is 19.4 Å². The Kier molecular flexibility index (Phi) is 6.55. The molecule has 0 bridgehead atoms. The van der Waals surface area contributed by atoms with Crippen molar-refractivity contribution in [2.24, 2.45) is 0 Å². The number of nitrogens with one attached hydrogen (secondary N) is 2. The number of alkyl halides is 3. The summed E-state index contributed by atoms with van der Waals surface area (Å²) in [4.78, 5) is 12.4. The van der Waals surface area contributed by atoms with Gasteiger partial charge in [0.2, 0.25) is 0 Å². The Hall–Kier alpha value is -3.52. The molecule has 1 aliphatic rings. The van der Waals surface area contributed by atoms with Gasteiger partial charge in [0, 0.05) is 18.7 Å². The topological polar surface area (TPSA) is 70.6 Å². The molecule has 172 valence electrons. The summed E-state index contributed by atoms with van der Waals surface area (Å²) in [6, 6.07) is 18.3. The van der Waals surface area contributed by atoms with Gasteiger partial charge < -0.3 is 20.5 Å².